The molecule has 0 radical (unpaired) electrons. The minimum Gasteiger partial charge on any atom is -0.314 e. The van der Waals surface area contributed by atoms with Crippen LogP contribution in [0.3, 0.4) is 0 Å². The van der Waals surface area contributed by atoms with Crippen LogP contribution in [-0.2, 0) is 4.79 Å². The number of ketones is 1. The Morgan fingerprint density at radius 3 is 2.45 bits per heavy atom. The zero-order chi connectivity index (χ0) is 15.3. The first kappa shape index (κ1) is 14.8. The van der Waals surface area contributed by atoms with E-state index in [1.54, 1.807) is 0 Å². The normalized spacial score (nSPS) is 23.0. The molecular weight excluding hydrogens is 295 g/mol. The Morgan fingerprint density at radius 2 is 1.90 bits per heavy atom. The highest BCUT2D eigenvalue weighted by atomic mass is 35.5. The first-order valence-corrected chi connectivity index (χ1v) is 6.13. The number of benzene rings is 1. The van der Waals surface area contributed by atoms with E-state index in [1.807, 2.05) is 0 Å². The lowest BCUT2D eigenvalue weighted by Crippen LogP contribution is -2.51. The molecule has 1 atom stereocenters. The average molecular weight is 306 g/mol. The summed E-state index contributed by atoms with van der Waals surface area (Å²) in [5, 5.41) is 0.231. The molecule has 3 nitrogen and oxygen atoms in total. The van der Waals surface area contributed by atoms with Gasteiger partial charge >= 0.3 is 6.18 Å². The summed E-state index contributed by atoms with van der Waals surface area (Å²) in [5.74, 6) is -1.72. The largest absolute Gasteiger partial charge is 0.390 e. The predicted molar refractivity (Wildman–Crippen MR) is 68.0 cm³/mol. The van der Waals surface area contributed by atoms with Gasteiger partial charge in [-0.1, -0.05) is 11.6 Å². The number of carbonyl (C=O) groups excluding carboxylic acids is 2. The molecule has 1 heterocycles. The van der Waals surface area contributed by atoms with Gasteiger partial charge < -0.3 is 4.90 Å². The standard InChI is InChI=1S/C13H11ClF3NO2/c1-12(6-13(15,16)17)10(19)8-5-7(14)3-4-9(8)18(2)11(12)20/h3-5H,6H2,1-2H3. The molecular formula is C13H11ClF3NO2. The molecule has 1 amide bonds. The minimum atomic E-state index is -4.61. The maximum absolute atomic E-state index is 12.7. The summed E-state index contributed by atoms with van der Waals surface area (Å²) in [4.78, 5) is 25.5. The molecule has 20 heavy (non-hydrogen) atoms. The number of carbonyl (C=O) groups is 2. The lowest BCUT2D eigenvalue weighted by molar-refractivity contribution is -0.160. The van der Waals surface area contributed by atoms with Crippen molar-refractivity contribution in [2.45, 2.75) is 19.5 Å². The van der Waals surface area contributed by atoms with Gasteiger partial charge in [0.25, 0.3) is 0 Å². The number of Topliss-reactive ketones (excluding diaryl/α,β-unsaturated/α-hetero) is 1. The Morgan fingerprint density at radius 1 is 1.30 bits per heavy atom. The van der Waals surface area contributed by atoms with Crippen LogP contribution in [0, 0.1) is 5.41 Å². The molecule has 0 saturated heterocycles. The minimum absolute atomic E-state index is 0.0337. The van der Waals surface area contributed by atoms with Crippen LogP contribution in [0.4, 0.5) is 18.9 Å². The van der Waals surface area contributed by atoms with Gasteiger partial charge in [-0.15, -0.1) is 0 Å². The highest BCUT2D eigenvalue weighted by Gasteiger charge is 2.54. The topological polar surface area (TPSA) is 37.4 Å². The van der Waals surface area contributed by atoms with E-state index in [2.05, 4.69) is 0 Å². The summed E-state index contributed by atoms with van der Waals surface area (Å²) in [6.45, 7) is 1.02. The molecule has 108 valence electrons. The number of anilines is 1. The van der Waals surface area contributed by atoms with E-state index < -0.39 is 29.7 Å². The molecule has 1 aromatic rings. The lowest BCUT2D eigenvalue weighted by atomic mass is 9.74. The number of hydrogen-bond donors (Lipinski definition) is 0. The number of alkyl halides is 3. The van der Waals surface area contributed by atoms with E-state index >= 15 is 0 Å². The molecule has 1 aromatic carbocycles. The van der Waals surface area contributed by atoms with E-state index in [-0.39, 0.29) is 16.3 Å². The Hall–Kier alpha value is -1.56. The fourth-order valence-electron chi connectivity index (χ4n) is 2.41. The van der Waals surface area contributed by atoms with Crippen molar-refractivity contribution in [2.24, 2.45) is 5.41 Å². The van der Waals surface area contributed by atoms with E-state index in [1.165, 1.54) is 25.2 Å². The van der Waals surface area contributed by atoms with Crippen LogP contribution in [0.5, 0.6) is 0 Å². The molecule has 2 rings (SSSR count). The van der Waals surface area contributed by atoms with Crippen LogP contribution in [0.25, 0.3) is 0 Å². The summed E-state index contributed by atoms with van der Waals surface area (Å²) in [7, 11) is 1.34. The van der Waals surface area contributed by atoms with E-state index in [4.69, 9.17) is 11.6 Å². The summed E-state index contributed by atoms with van der Waals surface area (Å²) < 4.78 is 38.0. The maximum atomic E-state index is 12.7. The fourth-order valence-corrected chi connectivity index (χ4v) is 2.59. The number of fused-ring (bicyclic) bond motifs is 1. The fraction of sp³-hybridized carbons (Fsp3) is 0.385. The Balaban J connectivity index is 2.59. The third-order valence-electron chi connectivity index (χ3n) is 3.40. The third-order valence-corrected chi connectivity index (χ3v) is 3.63. The number of halogens is 4. The second kappa shape index (κ2) is 4.48. The van der Waals surface area contributed by atoms with Crippen molar-refractivity contribution in [3.8, 4) is 0 Å². The first-order valence-electron chi connectivity index (χ1n) is 5.75. The van der Waals surface area contributed by atoms with Crippen molar-refractivity contribution < 1.29 is 22.8 Å². The third kappa shape index (κ3) is 2.28. The summed E-state index contributed by atoms with van der Waals surface area (Å²) >= 11 is 5.77. The van der Waals surface area contributed by atoms with Crippen LogP contribution in [0.1, 0.15) is 23.7 Å². The second-order valence-electron chi connectivity index (χ2n) is 4.98. The first-order chi connectivity index (χ1) is 9.06. The van der Waals surface area contributed by atoms with Crippen LogP contribution < -0.4 is 4.90 Å². The molecule has 0 aromatic heterocycles. The maximum Gasteiger partial charge on any atom is 0.390 e. The zero-order valence-corrected chi connectivity index (χ0v) is 11.5. The van der Waals surface area contributed by atoms with Crippen molar-refractivity contribution >= 4 is 29.0 Å². The summed E-state index contributed by atoms with van der Waals surface area (Å²) in [6, 6.07) is 4.21. The molecule has 0 aliphatic carbocycles. The monoisotopic (exact) mass is 305 g/mol. The quantitative estimate of drug-likeness (QED) is 0.745. The van der Waals surface area contributed by atoms with Crippen LogP contribution in [0.15, 0.2) is 18.2 Å². The van der Waals surface area contributed by atoms with E-state index in [9.17, 15) is 22.8 Å². The molecule has 1 aliphatic heterocycles. The highest BCUT2D eigenvalue weighted by Crippen LogP contribution is 2.43. The molecule has 1 aliphatic rings. The number of hydrogen-bond acceptors (Lipinski definition) is 2. The molecule has 0 fully saturated rings. The highest BCUT2D eigenvalue weighted by molar-refractivity contribution is 6.32. The Kier molecular flexibility index (Phi) is 3.32. The zero-order valence-electron chi connectivity index (χ0n) is 10.7. The van der Waals surface area contributed by atoms with Crippen molar-refractivity contribution in [1.82, 2.24) is 0 Å². The average Bonchev–Trinajstić information content (AvgIpc) is 2.32. The Labute approximate surface area is 118 Å². The van der Waals surface area contributed by atoms with Gasteiger partial charge in [0, 0.05) is 17.6 Å². The van der Waals surface area contributed by atoms with Crippen LogP contribution in [0.2, 0.25) is 5.02 Å². The van der Waals surface area contributed by atoms with Crippen molar-refractivity contribution in [2.75, 3.05) is 11.9 Å². The van der Waals surface area contributed by atoms with Gasteiger partial charge in [0.15, 0.2) is 5.78 Å². The van der Waals surface area contributed by atoms with Crippen molar-refractivity contribution in [3.05, 3.63) is 28.8 Å². The van der Waals surface area contributed by atoms with E-state index in [0.717, 1.165) is 11.8 Å². The van der Waals surface area contributed by atoms with Gasteiger partial charge in [-0.05, 0) is 25.1 Å². The van der Waals surface area contributed by atoms with Gasteiger partial charge in [-0.25, -0.2) is 0 Å². The summed E-state index contributed by atoms with van der Waals surface area (Å²) in [5.41, 5.74) is -1.85. The van der Waals surface area contributed by atoms with Crippen LogP contribution in [-0.4, -0.2) is 24.9 Å². The van der Waals surface area contributed by atoms with Gasteiger partial charge in [0.1, 0.15) is 5.41 Å². The number of rotatable bonds is 1. The SMILES string of the molecule is CN1C(=O)C(C)(CC(F)(F)F)C(=O)c2cc(Cl)ccc21. The van der Waals surface area contributed by atoms with E-state index in [0.29, 0.717) is 0 Å². The summed E-state index contributed by atoms with van der Waals surface area (Å²) in [6.07, 6.45) is -6.11. The molecule has 0 bridgehead atoms. The Bertz CT molecular complexity index is 600. The molecule has 7 heteroatoms. The van der Waals surface area contributed by atoms with Gasteiger partial charge in [-0.2, -0.15) is 13.2 Å². The smallest absolute Gasteiger partial charge is 0.314 e. The lowest BCUT2D eigenvalue weighted by Gasteiger charge is -2.37. The van der Waals surface area contributed by atoms with Gasteiger partial charge in [0.05, 0.1) is 12.1 Å². The predicted octanol–water partition coefficient (Wildman–Crippen LogP) is 3.46. The molecule has 0 spiro atoms. The van der Waals surface area contributed by atoms with Gasteiger partial charge in [0.2, 0.25) is 5.91 Å². The van der Waals surface area contributed by atoms with Crippen molar-refractivity contribution in [1.29, 1.82) is 0 Å². The number of amides is 1. The molecule has 0 saturated carbocycles. The van der Waals surface area contributed by atoms with Crippen LogP contribution >= 0.6 is 11.6 Å². The molecule has 0 N–H and O–H groups in total. The van der Waals surface area contributed by atoms with Crippen molar-refractivity contribution in [3.63, 3.8) is 0 Å². The van der Waals surface area contributed by atoms with Gasteiger partial charge in [-0.3, -0.25) is 9.59 Å². The second-order valence-corrected chi connectivity index (χ2v) is 5.42. The molecule has 1 unspecified atom stereocenters. The number of nitrogens with zero attached hydrogens (tertiary/aromatic N) is 1.